The predicted octanol–water partition coefficient (Wildman–Crippen LogP) is -0.0741. The van der Waals surface area contributed by atoms with E-state index in [1.807, 2.05) is 31.2 Å². The number of carbonyl (C=O) groups is 2. The number of imidazole rings is 1. The van der Waals surface area contributed by atoms with Gasteiger partial charge in [0.05, 0.1) is 24.1 Å². The number of benzene rings is 1. The number of aryl methyl sites for hydroxylation is 2. The molecule has 0 aliphatic carbocycles. The lowest BCUT2D eigenvalue weighted by atomic mass is 10.3. The molecule has 1 heterocycles. The maximum Gasteiger partial charge on any atom is 0.239 e. The molecule has 0 bridgehead atoms. The molecule has 2 rings (SSSR count). The number of hydrogen-bond acceptors (Lipinski definition) is 4. The summed E-state index contributed by atoms with van der Waals surface area (Å²) in [6.45, 7) is 3.15. The predicted molar refractivity (Wildman–Crippen MR) is 84.2 cm³/mol. The Bertz CT molecular complexity index is 665. The first-order valence-corrected chi connectivity index (χ1v) is 7.27. The fourth-order valence-electron chi connectivity index (χ4n) is 2.26. The molecule has 0 radical (unpaired) electrons. The Morgan fingerprint density at radius 3 is 2.77 bits per heavy atom. The fraction of sp³-hybridized carbons (Fsp3) is 0.400. The number of fused-ring (bicyclic) bond motifs is 1. The van der Waals surface area contributed by atoms with Crippen LogP contribution in [0.3, 0.4) is 0 Å². The second-order valence-electron chi connectivity index (χ2n) is 4.98. The molecule has 0 aliphatic heterocycles. The number of amides is 2. The Hall–Kier alpha value is -2.41. The maximum absolute atomic E-state index is 11.5. The molecule has 2 aromatic rings. The second-order valence-corrected chi connectivity index (χ2v) is 4.98. The maximum atomic E-state index is 11.5. The van der Waals surface area contributed by atoms with Gasteiger partial charge in [0.25, 0.3) is 0 Å². The van der Waals surface area contributed by atoms with Crippen molar-refractivity contribution in [3.8, 4) is 0 Å². The number of nitrogens with two attached hydrogens (primary N) is 1. The van der Waals surface area contributed by atoms with E-state index in [2.05, 4.69) is 20.2 Å². The van der Waals surface area contributed by atoms with Gasteiger partial charge in [-0.2, -0.15) is 0 Å². The third-order valence-electron chi connectivity index (χ3n) is 3.36. The second kappa shape index (κ2) is 7.56. The first kappa shape index (κ1) is 16.0. The summed E-state index contributed by atoms with van der Waals surface area (Å²) >= 11 is 0. The van der Waals surface area contributed by atoms with Crippen LogP contribution in [0.1, 0.15) is 12.2 Å². The van der Waals surface area contributed by atoms with Crippen molar-refractivity contribution in [2.24, 2.45) is 5.73 Å². The highest BCUT2D eigenvalue weighted by atomic mass is 16.2. The van der Waals surface area contributed by atoms with Crippen molar-refractivity contribution in [1.29, 1.82) is 0 Å². The Morgan fingerprint density at radius 1 is 1.23 bits per heavy atom. The summed E-state index contributed by atoms with van der Waals surface area (Å²) in [5.41, 5.74) is 7.22. The zero-order valence-corrected chi connectivity index (χ0v) is 12.6. The molecule has 0 spiro atoms. The van der Waals surface area contributed by atoms with Crippen molar-refractivity contribution in [3.63, 3.8) is 0 Å². The van der Waals surface area contributed by atoms with Gasteiger partial charge in [-0.25, -0.2) is 4.98 Å². The molecular weight excluding hydrogens is 282 g/mol. The van der Waals surface area contributed by atoms with E-state index in [1.165, 1.54) is 0 Å². The van der Waals surface area contributed by atoms with Crippen molar-refractivity contribution >= 4 is 22.8 Å². The lowest BCUT2D eigenvalue weighted by Gasteiger charge is -2.08. The van der Waals surface area contributed by atoms with E-state index in [4.69, 9.17) is 5.73 Å². The molecule has 7 heteroatoms. The summed E-state index contributed by atoms with van der Waals surface area (Å²) in [5, 5.41) is 5.19. The van der Waals surface area contributed by atoms with Gasteiger partial charge in [-0.15, -0.1) is 0 Å². The average Bonchev–Trinajstić information content (AvgIpc) is 2.84. The van der Waals surface area contributed by atoms with Gasteiger partial charge < -0.3 is 20.9 Å². The summed E-state index contributed by atoms with van der Waals surface area (Å²) in [4.78, 5) is 27.0. The van der Waals surface area contributed by atoms with Crippen LogP contribution in [-0.2, 0) is 16.1 Å². The minimum atomic E-state index is -0.337. The number of nitrogens with zero attached hydrogens (tertiary/aromatic N) is 2. The fourth-order valence-corrected chi connectivity index (χ4v) is 2.26. The molecule has 1 aromatic heterocycles. The van der Waals surface area contributed by atoms with E-state index in [1.54, 1.807) is 0 Å². The third kappa shape index (κ3) is 4.05. The van der Waals surface area contributed by atoms with E-state index in [0.717, 1.165) is 29.8 Å². The number of hydrogen-bond donors (Lipinski definition) is 3. The molecule has 0 aliphatic rings. The molecule has 22 heavy (non-hydrogen) atoms. The number of rotatable bonds is 7. The molecule has 0 saturated carbocycles. The molecule has 118 valence electrons. The van der Waals surface area contributed by atoms with Crippen LogP contribution in [0.5, 0.6) is 0 Å². The number of para-hydroxylation sites is 2. The van der Waals surface area contributed by atoms with Gasteiger partial charge in [0.2, 0.25) is 11.8 Å². The molecule has 0 unspecified atom stereocenters. The van der Waals surface area contributed by atoms with Crippen molar-refractivity contribution in [3.05, 3.63) is 30.1 Å². The number of nitrogens with one attached hydrogen (secondary N) is 2. The highest BCUT2D eigenvalue weighted by Gasteiger charge is 2.07. The summed E-state index contributed by atoms with van der Waals surface area (Å²) in [6.07, 6.45) is 0.789. The molecule has 0 fully saturated rings. The van der Waals surface area contributed by atoms with E-state index in [-0.39, 0.29) is 24.9 Å². The van der Waals surface area contributed by atoms with Crippen molar-refractivity contribution in [2.45, 2.75) is 19.9 Å². The molecule has 4 N–H and O–H groups in total. The molecule has 2 amide bonds. The SMILES string of the molecule is Cc1nc2ccccc2n1CCCNC(=O)CNC(=O)CN. The van der Waals surface area contributed by atoms with Gasteiger partial charge in [-0.3, -0.25) is 9.59 Å². The van der Waals surface area contributed by atoms with Crippen molar-refractivity contribution < 1.29 is 9.59 Å². The standard InChI is InChI=1S/C15H21N5O2/c1-11-19-12-5-2-3-6-13(12)20(11)8-4-7-17-15(22)10-18-14(21)9-16/h2-3,5-6H,4,7-10,16H2,1H3,(H,17,22)(H,18,21). The molecule has 7 nitrogen and oxygen atoms in total. The van der Waals surface area contributed by atoms with E-state index in [9.17, 15) is 9.59 Å². The van der Waals surface area contributed by atoms with Gasteiger partial charge in [0.15, 0.2) is 0 Å². The van der Waals surface area contributed by atoms with Crippen LogP contribution in [0.4, 0.5) is 0 Å². The minimum absolute atomic E-state index is 0.0386. The lowest BCUT2D eigenvalue weighted by molar-refractivity contribution is -0.125. The molecular formula is C15H21N5O2. The van der Waals surface area contributed by atoms with Gasteiger partial charge in [0.1, 0.15) is 5.82 Å². The first-order chi connectivity index (χ1) is 10.6. The normalized spacial score (nSPS) is 10.6. The van der Waals surface area contributed by atoms with E-state index >= 15 is 0 Å². The minimum Gasteiger partial charge on any atom is -0.355 e. The zero-order chi connectivity index (χ0) is 15.9. The van der Waals surface area contributed by atoms with Crippen LogP contribution in [-0.4, -0.2) is 41.0 Å². The van der Waals surface area contributed by atoms with Gasteiger partial charge in [-0.05, 0) is 25.5 Å². The molecule has 0 atom stereocenters. The van der Waals surface area contributed by atoms with Crippen LogP contribution in [0.25, 0.3) is 11.0 Å². The zero-order valence-electron chi connectivity index (χ0n) is 12.6. The quantitative estimate of drug-likeness (QED) is 0.623. The largest absolute Gasteiger partial charge is 0.355 e. The Balaban J connectivity index is 1.77. The summed E-state index contributed by atoms with van der Waals surface area (Å²) in [7, 11) is 0. The Morgan fingerprint density at radius 2 is 2.00 bits per heavy atom. The van der Waals surface area contributed by atoms with Crippen LogP contribution in [0, 0.1) is 6.92 Å². The van der Waals surface area contributed by atoms with E-state index < -0.39 is 0 Å². The van der Waals surface area contributed by atoms with Crippen molar-refractivity contribution in [2.75, 3.05) is 19.6 Å². The monoisotopic (exact) mass is 303 g/mol. The Labute approximate surface area is 128 Å². The molecule has 0 saturated heterocycles. The lowest BCUT2D eigenvalue weighted by Crippen LogP contribution is -2.39. The topological polar surface area (TPSA) is 102 Å². The number of carbonyl (C=O) groups excluding carboxylic acids is 2. The van der Waals surface area contributed by atoms with Crippen LogP contribution in [0.15, 0.2) is 24.3 Å². The third-order valence-corrected chi connectivity index (χ3v) is 3.36. The first-order valence-electron chi connectivity index (χ1n) is 7.27. The highest BCUT2D eigenvalue weighted by Crippen LogP contribution is 2.15. The summed E-state index contributed by atoms with van der Waals surface area (Å²) < 4.78 is 2.14. The smallest absolute Gasteiger partial charge is 0.239 e. The van der Waals surface area contributed by atoms with Gasteiger partial charge >= 0.3 is 0 Å². The van der Waals surface area contributed by atoms with Crippen LogP contribution >= 0.6 is 0 Å². The van der Waals surface area contributed by atoms with Crippen LogP contribution < -0.4 is 16.4 Å². The average molecular weight is 303 g/mol. The summed E-state index contributed by atoms with van der Waals surface area (Å²) in [6, 6.07) is 7.98. The van der Waals surface area contributed by atoms with Crippen LogP contribution in [0.2, 0.25) is 0 Å². The Kier molecular flexibility index (Phi) is 5.48. The van der Waals surface area contributed by atoms with Gasteiger partial charge in [0, 0.05) is 13.1 Å². The highest BCUT2D eigenvalue weighted by molar-refractivity contribution is 5.85. The summed E-state index contributed by atoms with van der Waals surface area (Å²) in [5.74, 6) is 0.410. The van der Waals surface area contributed by atoms with Gasteiger partial charge in [-0.1, -0.05) is 12.1 Å². The van der Waals surface area contributed by atoms with Crippen molar-refractivity contribution in [1.82, 2.24) is 20.2 Å². The van der Waals surface area contributed by atoms with E-state index in [0.29, 0.717) is 6.54 Å². The number of aromatic nitrogens is 2. The molecule has 1 aromatic carbocycles.